The van der Waals surface area contributed by atoms with Crippen LogP contribution in [0.2, 0.25) is 0 Å². The van der Waals surface area contributed by atoms with E-state index in [-0.39, 0.29) is 29.4 Å². The van der Waals surface area contributed by atoms with Crippen molar-refractivity contribution in [3.05, 3.63) is 57.1 Å². The molecule has 1 aliphatic heterocycles. The molecule has 1 aromatic carbocycles. The van der Waals surface area contributed by atoms with Gasteiger partial charge in [0.15, 0.2) is 5.16 Å². The van der Waals surface area contributed by atoms with Gasteiger partial charge in [0.2, 0.25) is 5.91 Å². The van der Waals surface area contributed by atoms with Crippen molar-refractivity contribution in [2.24, 2.45) is 0 Å². The third kappa shape index (κ3) is 5.63. The first-order valence-electron chi connectivity index (χ1n) is 9.73. The third-order valence-corrected chi connectivity index (χ3v) is 6.48. The molecule has 4 rings (SSSR count). The molecule has 1 aliphatic rings. The highest BCUT2D eigenvalue weighted by molar-refractivity contribution is 7.99. The molecule has 11 heteroatoms. The summed E-state index contributed by atoms with van der Waals surface area (Å²) in [6.45, 7) is 1.14. The number of anilines is 2. The van der Waals surface area contributed by atoms with E-state index in [9.17, 15) is 14.4 Å². The number of aromatic nitrogens is 3. The fourth-order valence-corrected chi connectivity index (χ4v) is 4.51. The summed E-state index contributed by atoms with van der Waals surface area (Å²) in [5.74, 6) is -0.289. The predicted octanol–water partition coefficient (Wildman–Crippen LogP) is 2.79. The lowest BCUT2D eigenvalue weighted by Gasteiger charge is -2.11. The Bertz CT molecular complexity index is 1090. The summed E-state index contributed by atoms with van der Waals surface area (Å²) in [6, 6.07) is 10.5. The predicted molar refractivity (Wildman–Crippen MR) is 120 cm³/mol. The van der Waals surface area contributed by atoms with Crippen LogP contribution in [0.15, 0.2) is 51.7 Å². The molecular weight excluding hydrogens is 438 g/mol. The van der Waals surface area contributed by atoms with Crippen LogP contribution in [0.4, 0.5) is 11.4 Å². The smallest absolute Gasteiger partial charge is 0.344 e. The lowest BCUT2D eigenvalue weighted by atomic mass is 10.2. The number of nitrogens with one attached hydrogen (secondary N) is 3. The number of thioether (sulfide) groups is 1. The quantitative estimate of drug-likeness (QED) is 0.446. The zero-order valence-electron chi connectivity index (χ0n) is 16.5. The van der Waals surface area contributed by atoms with Crippen molar-refractivity contribution in [1.29, 1.82) is 0 Å². The molecule has 1 saturated heterocycles. The minimum atomic E-state index is -0.307. The van der Waals surface area contributed by atoms with E-state index in [2.05, 4.69) is 20.8 Å². The van der Waals surface area contributed by atoms with Gasteiger partial charge in [-0.2, -0.15) is 0 Å². The fourth-order valence-electron chi connectivity index (χ4n) is 3.13. The molecule has 3 aromatic rings. The van der Waals surface area contributed by atoms with Gasteiger partial charge in [-0.05, 0) is 48.6 Å². The molecule has 0 bridgehead atoms. The number of ether oxygens (including phenoxy) is 1. The van der Waals surface area contributed by atoms with Gasteiger partial charge in [0.25, 0.3) is 5.91 Å². The van der Waals surface area contributed by atoms with E-state index in [4.69, 9.17) is 4.74 Å². The van der Waals surface area contributed by atoms with Crippen LogP contribution < -0.4 is 16.3 Å². The van der Waals surface area contributed by atoms with Crippen LogP contribution in [0.3, 0.4) is 0 Å². The van der Waals surface area contributed by atoms with E-state index in [1.165, 1.54) is 27.7 Å². The molecule has 2 aromatic heterocycles. The molecule has 0 aliphatic carbocycles. The average molecular weight is 460 g/mol. The van der Waals surface area contributed by atoms with Gasteiger partial charge in [-0.1, -0.05) is 17.8 Å². The largest absolute Gasteiger partial charge is 0.376 e. The first-order chi connectivity index (χ1) is 15.1. The van der Waals surface area contributed by atoms with Crippen molar-refractivity contribution in [1.82, 2.24) is 14.8 Å². The molecule has 0 radical (unpaired) electrons. The number of rotatable bonds is 8. The molecule has 1 fully saturated rings. The number of carbonyl (C=O) groups is 2. The normalized spacial score (nSPS) is 15.7. The molecule has 3 heterocycles. The van der Waals surface area contributed by atoms with Gasteiger partial charge >= 0.3 is 5.69 Å². The summed E-state index contributed by atoms with van der Waals surface area (Å²) in [5, 5.41) is 14.4. The van der Waals surface area contributed by atoms with Gasteiger partial charge < -0.3 is 15.4 Å². The topological polar surface area (TPSA) is 118 Å². The first kappa shape index (κ1) is 21.3. The van der Waals surface area contributed by atoms with E-state index in [1.807, 2.05) is 11.4 Å². The Labute approximate surface area is 186 Å². The molecule has 0 spiro atoms. The van der Waals surface area contributed by atoms with Gasteiger partial charge in [0.1, 0.15) is 0 Å². The molecule has 0 saturated carbocycles. The number of hydrogen-bond acceptors (Lipinski definition) is 7. The summed E-state index contributed by atoms with van der Waals surface area (Å²) in [5.41, 5.74) is 0.942. The second-order valence-corrected chi connectivity index (χ2v) is 8.79. The van der Waals surface area contributed by atoms with Crippen LogP contribution in [0, 0.1) is 0 Å². The summed E-state index contributed by atoms with van der Waals surface area (Å²) >= 11 is 2.56. The SMILES string of the molecule is O=C(CSc1n[nH]c(=O)n1CC1CCCO1)Nc1ccc(NC(=O)c2cccs2)cc1. The third-order valence-electron chi connectivity index (χ3n) is 4.64. The minimum absolute atomic E-state index is 0.00213. The van der Waals surface area contributed by atoms with Gasteiger partial charge in [-0.15, -0.1) is 16.4 Å². The Balaban J connectivity index is 1.28. The highest BCUT2D eigenvalue weighted by atomic mass is 32.2. The van der Waals surface area contributed by atoms with E-state index in [1.54, 1.807) is 30.3 Å². The summed E-state index contributed by atoms with van der Waals surface area (Å²) in [7, 11) is 0. The van der Waals surface area contributed by atoms with Crippen LogP contribution in [0.25, 0.3) is 0 Å². The Morgan fingerprint density at radius 3 is 2.68 bits per heavy atom. The zero-order chi connectivity index (χ0) is 21.6. The Morgan fingerprint density at radius 2 is 2.00 bits per heavy atom. The molecule has 9 nitrogen and oxygen atoms in total. The number of thiophene rings is 1. The zero-order valence-corrected chi connectivity index (χ0v) is 18.1. The fraction of sp³-hybridized carbons (Fsp3) is 0.300. The summed E-state index contributed by atoms with van der Waals surface area (Å²) in [4.78, 5) is 37.0. The molecule has 1 unspecified atom stereocenters. The van der Waals surface area contributed by atoms with Gasteiger partial charge in [-0.3, -0.25) is 14.2 Å². The maximum absolute atomic E-state index is 12.3. The van der Waals surface area contributed by atoms with Crippen LogP contribution in [0.5, 0.6) is 0 Å². The van der Waals surface area contributed by atoms with Gasteiger partial charge in [-0.25, -0.2) is 9.89 Å². The molecule has 3 N–H and O–H groups in total. The van der Waals surface area contributed by atoms with Crippen molar-refractivity contribution >= 4 is 46.3 Å². The maximum Gasteiger partial charge on any atom is 0.344 e. The highest BCUT2D eigenvalue weighted by Crippen LogP contribution is 2.19. The number of H-pyrrole nitrogens is 1. The number of hydrogen-bond donors (Lipinski definition) is 3. The number of benzene rings is 1. The second-order valence-electron chi connectivity index (χ2n) is 6.90. The molecular formula is C20H21N5O4S2. The monoisotopic (exact) mass is 459 g/mol. The Kier molecular flexibility index (Phi) is 6.85. The Morgan fingerprint density at radius 1 is 1.23 bits per heavy atom. The van der Waals surface area contributed by atoms with Crippen LogP contribution in [-0.4, -0.2) is 45.0 Å². The van der Waals surface area contributed by atoms with Crippen LogP contribution >= 0.6 is 23.1 Å². The summed E-state index contributed by atoms with van der Waals surface area (Å²) in [6.07, 6.45) is 1.90. The maximum atomic E-state index is 12.3. The standard InChI is InChI=1S/C20H21N5O4S2/c26-17(12-31-20-24-23-19(28)25(20)11-15-3-1-9-29-15)21-13-5-7-14(8-6-13)22-18(27)16-4-2-10-30-16/h2,4-8,10,15H,1,3,9,11-12H2,(H,21,26)(H,22,27)(H,23,28). The van der Waals surface area contributed by atoms with Crippen molar-refractivity contribution in [3.63, 3.8) is 0 Å². The number of amides is 2. The van der Waals surface area contributed by atoms with Gasteiger partial charge in [0, 0.05) is 18.0 Å². The van der Waals surface area contributed by atoms with Crippen molar-refractivity contribution in [2.45, 2.75) is 30.6 Å². The lowest BCUT2D eigenvalue weighted by molar-refractivity contribution is -0.113. The number of nitrogens with zero attached hydrogens (tertiary/aromatic N) is 2. The average Bonchev–Trinajstić information content (AvgIpc) is 3.53. The minimum Gasteiger partial charge on any atom is -0.376 e. The highest BCUT2D eigenvalue weighted by Gasteiger charge is 2.20. The number of carbonyl (C=O) groups excluding carboxylic acids is 2. The van der Waals surface area contributed by atoms with Crippen molar-refractivity contribution < 1.29 is 14.3 Å². The number of aromatic amines is 1. The molecule has 162 valence electrons. The van der Waals surface area contributed by atoms with Gasteiger partial charge in [0.05, 0.1) is 23.3 Å². The second kappa shape index (κ2) is 9.94. The lowest BCUT2D eigenvalue weighted by Crippen LogP contribution is -2.25. The van der Waals surface area contributed by atoms with E-state index in [0.29, 0.717) is 34.6 Å². The Hall–Kier alpha value is -2.89. The van der Waals surface area contributed by atoms with E-state index < -0.39 is 0 Å². The van der Waals surface area contributed by atoms with E-state index >= 15 is 0 Å². The molecule has 2 amide bonds. The molecule has 1 atom stereocenters. The van der Waals surface area contributed by atoms with Crippen LogP contribution in [-0.2, 0) is 16.1 Å². The van der Waals surface area contributed by atoms with Crippen molar-refractivity contribution in [2.75, 3.05) is 23.0 Å². The molecule has 31 heavy (non-hydrogen) atoms. The van der Waals surface area contributed by atoms with E-state index in [0.717, 1.165) is 12.8 Å². The van der Waals surface area contributed by atoms with Crippen LogP contribution in [0.1, 0.15) is 22.5 Å². The summed E-state index contributed by atoms with van der Waals surface area (Å²) < 4.78 is 7.09. The first-order valence-corrected chi connectivity index (χ1v) is 11.6. The van der Waals surface area contributed by atoms with Crippen molar-refractivity contribution in [3.8, 4) is 0 Å².